The van der Waals surface area contributed by atoms with Gasteiger partial charge in [-0.2, -0.15) is 0 Å². The zero-order chi connectivity index (χ0) is 11.9. The third kappa shape index (κ3) is 4.54. The standard InChI is InChI=1S/C13H26N2O2/c14-6-11-17-13-4-8-15(9-5-13)7-3-12-2-1-10-16-12/h12-13H,1-11,14H2. The zero-order valence-corrected chi connectivity index (χ0v) is 10.8. The number of likely N-dealkylation sites (tertiary alicyclic amines) is 1. The Morgan fingerprint density at radius 2 is 2.06 bits per heavy atom. The summed E-state index contributed by atoms with van der Waals surface area (Å²) in [6, 6.07) is 0. The quantitative estimate of drug-likeness (QED) is 0.755. The third-order valence-corrected chi connectivity index (χ3v) is 3.80. The highest BCUT2D eigenvalue weighted by atomic mass is 16.5. The van der Waals surface area contributed by atoms with Crippen molar-refractivity contribution < 1.29 is 9.47 Å². The highest BCUT2D eigenvalue weighted by Gasteiger charge is 2.21. The molecule has 0 aromatic heterocycles. The molecule has 0 aromatic rings. The first kappa shape index (κ1) is 13.3. The van der Waals surface area contributed by atoms with E-state index >= 15 is 0 Å². The molecule has 0 aromatic carbocycles. The SMILES string of the molecule is NCCOC1CCN(CCC2CCCO2)CC1. The van der Waals surface area contributed by atoms with Crippen LogP contribution in [-0.2, 0) is 9.47 Å². The van der Waals surface area contributed by atoms with E-state index in [1.54, 1.807) is 0 Å². The predicted molar refractivity (Wildman–Crippen MR) is 68.1 cm³/mol. The van der Waals surface area contributed by atoms with E-state index in [1.165, 1.54) is 38.9 Å². The Kier molecular flexibility index (Phi) is 5.71. The van der Waals surface area contributed by atoms with E-state index in [2.05, 4.69) is 4.90 Å². The Balaban J connectivity index is 1.55. The van der Waals surface area contributed by atoms with Gasteiger partial charge in [0.05, 0.1) is 18.8 Å². The minimum atomic E-state index is 0.442. The molecule has 100 valence electrons. The minimum Gasteiger partial charge on any atom is -0.378 e. The molecule has 2 heterocycles. The Morgan fingerprint density at radius 1 is 1.24 bits per heavy atom. The van der Waals surface area contributed by atoms with Crippen LogP contribution in [-0.4, -0.2) is 56.5 Å². The molecule has 4 nitrogen and oxygen atoms in total. The van der Waals surface area contributed by atoms with Crippen LogP contribution in [0.2, 0.25) is 0 Å². The number of nitrogens with zero attached hydrogens (tertiary/aromatic N) is 1. The molecule has 1 atom stereocenters. The average molecular weight is 242 g/mol. The molecule has 4 heteroatoms. The summed E-state index contributed by atoms with van der Waals surface area (Å²) in [5.41, 5.74) is 5.44. The maximum Gasteiger partial charge on any atom is 0.0600 e. The van der Waals surface area contributed by atoms with Crippen LogP contribution in [0.4, 0.5) is 0 Å². The van der Waals surface area contributed by atoms with Gasteiger partial charge < -0.3 is 20.1 Å². The van der Waals surface area contributed by atoms with E-state index in [0.717, 1.165) is 19.4 Å². The lowest BCUT2D eigenvalue weighted by atomic mass is 10.1. The van der Waals surface area contributed by atoms with Crippen LogP contribution in [0.1, 0.15) is 32.1 Å². The summed E-state index contributed by atoms with van der Waals surface area (Å²) in [6.45, 7) is 5.84. The van der Waals surface area contributed by atoms with Crippen molar-refractivity contribution in [2.45, 2.75) is 44.3 Å². The van der Waals surface area contributed by atoms with E-state index in [0.29, 0.717) is 25.4 Å². The molecular weight excluding hydrogens is 216 g/mol. The van der Waals surface area contributed by atoms with Crippen LogP contribution in [0.15, 0.2) is 0 Å². The van der Waals surface area contributed by atoms with Crippen LogP contribution in [0.3, 0.4) is 0 Å². The van der Waals surface area contributed by atoms with Gasteiger partial charge in [-0.25, -0.2) is 0 Å². The lowest BCUT2D eigenvalue weighted by molar-refractivity contribution is 0.00758. The molecule has 0 spiro atoms. The molecule has 2 aliphatic rings. The van der Waals surface area contributed by atoms with Crippen LogP contribution in [0, 0.1) is 0 Å². The molecule has 2 saturated heterocycles. The number of ether oxygens (including phenoxy) is 2. The monoisotopic (exact) mass is 242 g/mol. The van der Waals surface area contributed by atoms with Crippen LogP contribution >= 0.6 is 0 Å². The van der Waals surface area contributed by atoms with Crippen molar-refractivity contribution in [3.05, 3.63) is 0 Å². The van der Waals surface area contributed by atoms with Crippen molar-refractivity contribution in [1.82, 2.24) is 4.90 Å². The van der Waals surface area contributed by atoms with Crippen molar-refractivity contribution >= 4 is 0 Å². The summed E-state index contributed by atoms with van der Waals surface area (Å²) < 4.78 is 11.3. The second-order valence-corrected chi connectivity index (χ2v) is 5.12. The lowest BCUT2D eigenvalue weighted by Crippen LogP contribution is -2.38. The molecule has 2 fully saturated rings. The summed E-state index contributed by atoms with van der Waals surface area (Å²) >= 11 is 0. The molecule has 0 saturated carbocycles. The smallest absolute Gasteiger partial charge is 0.0600 e. The van der Waals surface area contributed by atoms with Gasteiger partial charge in [0.25, 0.3) is 0 Å². The average Bonchev–Trinajstić information content (AvgIpc) is 2.88. The van der Waals surface area contributed by atoms with Gasteiger partial charge in [0, 0.05) is 32.8 Å². The Bertz CT molecular complexity index is 200. The third-order valence-electron chi connectivity index (χ3n) is 3.80. The summed E-state index contributed by atoms with van der Waals surface area (Å²) in [5.74, 6) is 0. The highest BCUT2D eigenvalue weighted by molar-refractivity contribution is 4.74. The van der Waals surface area contributed by atoms with Gasteiger partial charge in [-0.3, -0.25) is 0 Å². The fourth-order valence-corrected chi connectivity index (χ4v) is 2.73. The molecule has 2 rings (SSSR count). The van der Waals surface area contributed by atoms with Crippen molar-refractivity contribution in [2.75, 3.05) is 39.4 Å². The fourth-order valence-electron chi connectivity index (χ4n) is 2.73. The number of rotatable bonds is 6. The lowest BCUT2D eigenvalue weighted by Gasteiger charge is -2.32. The predicted octanol–water partition coefficient (Wildman–Crippen LogP) is 0.995. The van der Waals surface area contributed by atoms with Gasteiger partial charge in [0.15, 0.2) is 0 Å². The molecule has 0 aliphatic carbocycles. The van der Waals surface area contributed by atoms with Crippen molar-refractivity contribution in [2.24, 2.45) is 5.73 Å². The van der Waals surface area contributed by atoms with Gasteiger partial charge in [-0.15, -0.1) is 0 Å². The second kappa shape index (κ2) is 7.31. The normalized spacial score (nSPS) is 27.7. The van der Waals surface area contributed by atoms with Gasteiger partial charge in [-0.05, 0) is 32.1 Å². The number of nitrogens with two attached hydrogens (primary N) is 1. The maximum atomic E-state index is 5.68. The number of hydrogen-bond donors (Lipinski definition) is 1. The van der Waals surface area contributed by atoms with E-state index in [4.69, 9.17) is 15.2 Å². The highest BCUT2D eigenvalue weighted by Crippen LogP contribution is 2.18. The van der Waals surface area contributed by atoms with E-state index < -0.39 is 0 Å². The van der Waals surface area contributed by atoms with E-state index in [-0.39, 0.29) is 0 Å². The maximum absolute atomic E-state index is 5.68. The molecule has 0 radical (unpaired) electrons. The molecule has 2 aliphatic heterocycles. The number of piperidine rings is 1. The molecule has 17 heavy (non-hydrogen) atoms. The molecule has 1 unspecified atom stereocenters. The summed E-state index contributed by atoms with van der Waals surface area (Å²) in [6.07, 6.45) is 7.00. The van der Waals surface area contributed by atoms with Crippen LogP contribution in [0.25, 0.3) is 0 Å². The van der Waals surface area contributed by atoms with Gasteiger partial charge in [0.2, 0.25) is 0 Å². The molecule has 0 bridgehead atoms. The van der Waals surface area contributed by atoms with Crippen molar-refractivity contribution in [3.8, 4) is 0 Å². The van der Waals surface area contributed by atoms with E-state index in [1.807, 2.05) is 0 Å². The topological polar surface area (TPSA) is 47.7 Å². The number of hydrogen-bond acceptors (Lipinski definition) is 4. The first-order chi connectivity index (χ1) is 8.38. The van der Waals surface area contributed by atoms with Crippen LogP contribution < -0.4 is 5.73 Å². The summed E-state index contributed by atoms with van der Waals surface area (Å²) in [4.78, 5) is 2.55. The fraction of sp³-hybridized carbons (Fsp3) is 1.00. The van der Waals surface area contributed by atoms with Crippen molar-refractivity contribution in [3.63, 3.8) is 0 Å². The molecule has 0 amide bonds. The Hall–Kier alpha value is -0.160. The van der Waals surface area contributed by atoms with E-state index in [9.17, 15) is 0 Å². The zero-order valence-electron chi connectivity index (χ0n) is 10.8. The summed E-state index contributed by atoms with van der Waals surface area (Å²) in [5, 5.41) is 0. The van der Waals surface area contributed by atoms with Gasteiger partial charge >= 0.3 is 0 Å². The van der Waals surface area contributed by atoms with Gasteiger partial charge in [0.1, 0.15) is 0 Å². The molecule has 2 N–H and O–H groups in total. The Morgan fingerprint density at radius 3 is 2.71 bits per heavy atom. The first-order valence-electron chi connectivity index (χ1n) is 7.04. The second-order valence-electron chi connectivity index (χ2n) is 5.12. The van der Waals surface area contributed by atoms with Gasteiger partial charge in [-0.1, -0.05) is 0 Å². The minimum absolute atomic E-state index is 0.442. The van der Waals surface area contributed by atoms with Crippen LogP contribution in [0.5, 0.6) is 0 Å². The Labute approximate surface area is 104 Å². The van der Waals surface area contributed by atoms with Crippen molar-refractivity contribution in [1.29, 1.82) is 0 Å². The summed E-state index contributed by atoms with van der Waals surface area (Å²) in [7, 11) is 0. The first-order valence-corrected chi connectivity index (χ1v) is 7.04. The largest absolute Gasteiger partial charge is 0.378 e. The molecular formula is C13H26N2O2.